The first kappa shape index (κ1) is 29.5. The summed E-state index contributed by atoms with van der Waals surface area (Å²) >= 11 is 2.55. The van der Waals surface area contributed by atoms with Gasteiger partial charge in [0.25, 0.3) is 11.7 Å². The molecule has 1 amide bonds. The van der Waals surface area contributed by atoms with Crippen molar-refractivity contribution in [3.8, 4) is 17.0 Å². The number of amides is 1. The monoisotopic (exact) mass is 605 g/mol. The van der Waals surface area contributed by atoms with Crippen LogP contribution in [0.25, 0.3) is 16.2 Å². The van der Waals surface area contributed by atoms with Crippen molar-refractivity contribution in [3.63, 3.8) is 0 Å². The SMILES string of the molecule is Cc1c(C(=O)N2CCC(c3nc(-c4cc(C(C)(C)C)c(O)c(C(C)(C)C)c4)cs3)CC2)sc2nc(C(F)(F)F)nn12. The number of carbonyl (C=O) groups excluding carboxylic acids is 1. The second-order valence-electron chi connectivity index (χ2n) is 12.7. The molecule has 0 saturated carbocycles. The molecule has 1 aliphatic rings. The van der Waals surface area contributed by atoms with Crippen molar-refractivity contribution in [3.05, 3.63) is 50.0 Å². The highest BCUT2D eigenvalue weighted by Gasteiger charge is 2.38. The molecule has 41 heavy (non-hydrogen) atoms. The maximum atomic E-state index is 13.3. The van der Waals surface area contributed by atoms with Crippen LogP contribution in [0.1, 0.15) is 97.6 Å². The van der Waals surface area contributed by atoms with E-state index < -0.39 is 12.0 Å². The van der Waals surface area contributed by atoms with Crippen LogP contribution in [-0.2, 0) is 17.0 Å². The third-order valence-electron chi connectivity index (χ3n) is 7.54. The molecule has 0 radical (unpaired) electrons. The van der Waals surface area contributed by atoms with Gasteiger partial charge in [-0.25, -0.2) is 9.50 Å². The van der Waals surface area contributed by atoms with E-state index in [9.17, 15) is 23.1 Å². The van der Waals surface area contributed by atoms with Gasteiger partial charge in [-0.2, -0.15) is 18.2 Å². The van der Waals surface area contributed by atoms with Gasteiger partial charge in [-0.3, -0.25) is 4.79 Å². The second kappa shape index (κ2) is 10.1. The first-order chi connectivity index (χ1) is 18.9. The molecular weight excluding hydrogens is 571 g/mol. The number of phenolic OH excluding ortho intramolecular Hbond substituents is 1. The summed E-state index contributed by atoms with van der Waals surface area (Å²) in [5.74, 6) is -0.866. The molecule has 0 spiro atoms. The molecule has 0 bridgehead atoms. The van der Waals surface area contributed by atoms with Crippen LogP contribution in [0.4, 0.5) is 13.2 Å². The summed E-state index contributed by atoms with van der Waals surface area (Å²) in [5.41, 5.74) is 3.53. The summed E-state index contributed by atoms with van der Waals surface area (Å²) in [5, 5.41) is 17.7. The van der Waals surface area contributed by atoms with E-state index in [-0.39, 0.29) is 27.6 Å². The number of alkyl halides is 3. The minimum Gasteiger partial charge on any atom is -0.507 e. The summed E-state index contributed by atoms with van der Waals surface area (Å²) in [6.07, 6.45) is -3.15. The summed E-state index contributed by atoms with van der Waals surface area (Å²) < 4.78 is 40.0. The number of halogens is 3. The van der Waals surface area contributed by atoms with E-state index in [0.29, 0.717) is 29.4 Å². The van der Waals surface area contributed by atoms with Gasteiger partial charge >= 0.3 is 6.18 Å². The number of likely N-dealkylation sites (tertiary alicyclic amines) is 1. The van der Waals surface area contributed by atoms with Crippen LogP contribution in [0.5, 0.6) is 5.75 Å². The van der Waals surface area contributed by atoms with Crippen LogP contribution >= 0.6 is 22.7 Å². The zero-order chi connectivity index (χ0) is 30.1. The number of thiazole rings is 2. The number of aryl methyl sites for hydroxylation is 1. The average molecular weight is 606 g/mol. The molecule has 4 aromatic rings. The van der Waals surface area contributed by atoms with Crippen LogP contribution in [-0.4, -0.2) is 48.6 Å². The number of carbonyl (C=O) groups is 1. The van der Waals surface area contributed by atoms with Crippen LogP contribution in [0.15, 0.2) is 17.5 Å². The smallest absolute Gasteiger partial charge is 0.453 e. The van der Waals surface area contributed by atoms with Gasteiger partial charge in [0, 0.05) is 41.1 Å². The molecule has 1 fully saturated rings. The van der Waals surface area contributed by atoms with Crippen LogP contribution in [0.2, 0.25) is 0 Å². The van der Waals surface area contributed by atoms with E-state index >= 15 is 0 Å². The molecule has 12 heteroatoms. The number of piperidine rings is 1. The zero-order valence-electron chi connectivity index (χ0n) is 24.2. The maximum absolute atomic E-state index is 13.3. The Hall–Kier alpha value is -2.99. The van der Waals surface area contributed by atoms with Gasteiger partial charge in [-0.15, -0.1) is 16.4 Å². The van der Waals surface area contributed by atoms with Gasteiger partial charge in [0.05, 0.1) is 16.4 Å². The van der Waals surface area contributed by atoms with Crippen LogP contribution < -0.4 is 0 Å². The second-order valence-corrected chi connectivity index (χ2v) is 14.6. The van der Waals surface area contributed by atoms with Crippen molar-refractivity contribution in [1.29, 1.82) is 0 Å². The van der Waals surface area contributed by atoms with Gasteiger partial charge in [0.2, 0.25) is 4.96 Å². The van der Waals surface area contributed by atoms with Crippen molar-refractivity contribution in [2.24, 2.45) is 0 Å². The number of aromatic nitrogens is 4. The largest absolute Gasteiger partial charge is 0.507 e. The van der Waals surface area contributed by atoms with Gasteiger partial charge in [0.1, 0.15) is 10.6 Å². The number of benzene rings is 1. The van der Waals surface area contributed by atoms with Gasteiger partial charge < -0.3 is 10.0 Å². The van der Waals surface area contributed by atoms with E-state index in [4.69, 9.17) is 4.98 Å². The fraction of sp³-hybridized carbons (Fsp3) is 0.517. The Morgan fingerprint density at radius 2 is 1.59 bits per heavy atom. The van der Waals surface area contributed by atoms with Crippen molar-refractivity contribution in [1.82, 2.24) is 24.5 Å². The highest BCUT2D eigenvalue weighted by atomic mass is 32.1. The van der Waals surface area contributed by atoms with E-state index in [1.807, 2.05) is 12.1 Å². The lowest BCUT2D eigenvalue weighted by atomic mass is 9.78. The number of aromatic hydroxyl groups is 1. The van der Waals surface area contributed by atoms with Crippen LogP contribution in [0, 0.1) is 6.92 Å². The zero-order valence-corrected chi connectivity index (χ0v) is 25.8. The predicted octanol–water partition coefficient (Wildman–Crippen LogP) is 7.56. The van der Waals surface area contributed by atoms with Gasteiger partial charge in [-0.1, -0.05) is 52.9 Å². The summed E-state index contributed by atoms with van der Waals surface area (Å²) in [7, 11) is 0. The highest BCUT2D eigenvalue weighted by Crippen LogP contribution is 2.43. The Kier molecular flexibility index (Phi) is 7.25. The third-order valence-corrected chi connectivity index (χ3v) is 9.67. The molecule has 5 rings (SSSR count). The number of hydrogen-bond acceptors (Lipinski definition) is 7. The molecule has 0 unspecified atom stereocenters. The van der Waals surface area contributed by atoms with E-state index in [1.165, 1.54) is 0 Å². The standard InChI is InChI=1S/C29H34F3N5O2S2/c1-15-22(41-26-34-25(29(30,31)32)35-37(15)26)24(39)36-10-8-16(9-11-36)23-33-20(14-40-23)17-12-18(27(2,3)4)21(38)19(13-17)28(5,6)7/h12-14,16,38H,8-11H2,1-7H3. The lowest BCUT2D eigenvalue weighted by Gasteiger charge is -2.31. The lowest BCUT2D eigenvalue weighted by molar-refractivity contribution is -0.144. The summed E-state index contributed by atoms with van der Waals surface area (Å²) in [6, 6.07) is 4.08. The highest BCUT2D eigenvalue weighted by molar-refractivity contribution is 7.19. The molecule has 1 aliphatic heterocycles. The lowest BCUT2D eigenvalue weighted by Crippen LogP contribution is -2.37. The Morgan fingerprint density at radius 1 is 1.00 bits per heavy atom. The Labute approximate surface area is 245 Å². The van der Waals surface area contributed by atoms with Gasteiger partial charge in [0.15, 0.2) is 0 Å². The molecule has 220 valence electrons. The van der Waals surface area contributed by atoms with Crippen molar-refractivity contribution >= 4 is 33.5 Å². The quantitative estimate of drug-likeness (QED) is 0.261. The Morgan fingerprint density at radius 3 is 2.10 bits per heavy atom. The van der Waals surface area contributed by atoms with Crippen molar-refractivity contribution in [2.45, 2.75) is 84.2 Å². The van der Waals surface area contributed by atoms with E-state index in [1.54, 1.807) is 23.2 Å². The normalized spacial score (nSPS) is 15.7. The number of hydrogen-bond donors (Lipinski definition) is 1. The first-order valence-corrected chi connectivity index (χ1v) is 15.2. The molecule has 3 aromatic heterocycles. The fourth-order valence-electron chi connectivity index (χ4n) is 5.17. The van der Waals surface area contributed by atoms with Gasteiger partial charge in [-0.05, 0) is 42.7 Å². The molecular formula is C29H34F3N5O2S2. The average Bonchev–Trinajstić information content (AvgIpc) is 3.59. The summed E-state index contributed by atoms with van der Waals surface area (Å²) in [6.45, 7) is 15.2. The predicted molar refractivity (Wildman–Crippen MR) is 155 cm³/mol. The van der Waals surface area contributed by atoms with Crippen molar-refractivity contribution in [2.75, 3.05) is 13.1 Å². The molecule has 0 atom stereocenters. The topological polar surface area (TPSA) is 83.6 Å². The number of phenols is 1. The summed E-state index contributed by atoms with van der Waals surface area (Å²) in [4.78, 5) is 24.0. The minimum atomic E-state index is -4.63. The van der Waals surface area contributed by atoms with Crippen molar-refractivity contribution < 1.29 is 23.1 Å². The molecule has 1 N–H and O–H groups in total. The van der Waals surface area contributed by atoms with Crippen LogP contribution in [0.3, 0.4) is 0 Å². The minimum absolute atomic E-state index is 0.0573. The Bertz CT molecular complexity index is 1580. The molecule has 0 aliphatic carbocycles. The first-order valence-electron chi connectivity index (χ1n) is 13.5. The molecule has 1 aromatic carbocycles. The number of nitrogens with zero attached hydrogens (tertiary/aromatic N) is 5. The molecule has 1 saturated heterocycles. The number of rotatable bonds is 3. The molecule has 4 heterocycles. The van der Waals surface area contributed by atoms with E-state index in [0.717, 1.165) is 56.1 Å². The van der Waals surface area contributed by atoms with E-state index in [2.05, 4.69) is 57.0 Å². The third kappa shape index (κ3) is 5.60. The maximum Gasteiger partial charge on any atom is 0.453 e. The number of fused-ring (bicyclic) bond motifs is 1. The Balaban J connectivity index is 1.32. The fourth-order valence-corrected chi connectivity index (χ4v) is 7.20. The molecule has 7 nitrogen and oxygen atoms in total.